The van der Waals surface area contributed by atoms with Crippen LogP contribution in [-0.2, 0) is 9.59 Å². The number of aromatic nitrogens is 2. The highest BCUT2D eigenvalue weighted by atomic mass is 32.1. The van der Waals surface area contributed by atoms with Crippen LogP contribution in [0.15, 0.2) is 60.4 Å². The molecule has 5 rings (SSSR count). The van der Waals surface area contributed by atoms with Crippen molar-refractivity contribution in [3.8, 4) is 11.5 Å². The molecule has 0 bridgehead atoms. The molecule has 0 aliphatic carbocycles. The summed E-state index contributed by atoms with van der Waals surface area (Å²) in [7, 11) is 1.55. The minimum absolute atomic E-state index is 0.0259. The maximum atomic E-state index is 13.6. The molecule has 2 aromatic carbocycles. The summed E-state index contributed by atoms with van der Waals surface area (Å²) in [6, 6.07) is 11.6. The van der Waals surface area contributed by atoms with Gasteiger partial charge >= 0.3 is 5.91 Å². The van der Waals surface area contributed by atoms with E-state index >= 15 is 0 Å². The van der Waals surface area contributed by atoms with Gasteiger partial charge in [0.25, 0.3) is 5.78 Å². The number of hydrogen-bond acceptors (Lipinski definition) is 8. The van der Waals surface area contributed by atoms with Gasteiger partial charge in [0.15, 0.2) is 16.6 Å². The lowest BCUT2D eigenvalue weighted by Gasteiger charge is -2.24. The van der Waals surface area contributed by atoms with Crippen LogP contribution in [0, 0.1) is 13.8 Å². The van der Waals surface area contributed by atoms with Crippen molar-refractivity contribution in [3.63, 3.8) is 0 Å². The standard InChI is InChI=1S/C31H31N3O5S/c1-5-6-7-14-39-22-9-8-21(17-23(22)38-4)27-25(28(35)20-10-12-32-13-11-20)29(36)30(37)34(27)31-33-26-19(3)15-18(2)16-24(26)40-31/h8-13,15-17,27,35H,5-7,14H2,1-4H3. The Bertz CT molecular complexity index is 1610. The predicted octanol–water partition coefficient (Wildman–Crippen LogP) is 6.51. The van der Waals surface area contributed by atoms with Crippen LogP contribution in [0.2, 0.25) is 0 Å². The van der Waals surface area contributed by atoms with E-state index in [1.165, 1.54) is 28.6 Å². The smallest absolute Gasteiger partial charge is 0.301 e. The number of anilines is 1. The van der Waals surface area contributed by atoms with Gasteiger partial charge in [-0.25, -0.2) is 4.98 Å². The number of hydrogen-bond donors (Lipinski definition) is 1. The summed E-state index contributed by atoms with van der Waals surface area (Å²) in [6.45, 7) is 6.66. The fraction of sp³-hybridized carbons (Fsp3) is 0.290. The first-order valence-electron chi connectivity index (χ1n) is 13.2. The van der Waals surface area contributed by atoms with E-state index in [2.05, 4.69) is 11.9 Å². The van der Waals surface area contributed by atoms with E-state index in [1.807, 2.05) is 26.0 Å². The molecule has 0 spiro atoms. The maximum absolute atomic E-state index is 13.6. The quantitative estimate of drug-likeness (QED) is 0.108. The Morgan fingerprint density at radius 2 is 1.82 bits per heavy atom. The number of ether oxygens (including phenoxy) is 2. The average Bonchev–Trinajstić information content (AvgIpc) is 3.49. The van der Waals surface area contributed by atoms with Crippen LogP contribution in [0.4, 0.5) is 5.13 Å². The number of pyridine rings is 1. The van der Waals surface area contributed by atoms with Crippen LogP contribution in [0.25, 0.3) is 16.0 Å². The third-order valence-electron chi connectivity index (χ3n) is 6.93. The van der Waals surface area contributed by atoms with E-state index in [9.17, 15) is 14.7 Å². The largest absolute Gasteiger partial charge is 0.507 e. The highest BCUT2D eigenvalue weighted by molar-refractivity contribution is 7.22. The van der Waals surface area contributed by atoms with Gasteiger partial charge in [-0.3, -0.25) is 19.5 Å². The van der Waals surface area contributed by atoms with E-state index in [1.54, 1.807) is 37.4 Å². The number of benzene rings is 2. The Morgan fingerprint density at radius 1 is 1.05 bits per heavy atom. The summed E-state index contributed by atoms with van der Waals surface area (Å²) in [5.41, 5.74) is 3.77. The number of ketones is 1. The number of amides is 1. The Kier molecular flexibility index (Phi) is 7.84. The SMILES string of the molecule is CCCCCOc1ccc(C2C(=C(O)c3ccncc3)C(=O)C(=O)N2c2nc3c(C)cc(C)cc3s2)cc1OC. The zero-order valence-electron chi connectivity index (χ0n) is 22.9. The highest BCUT2D eigenvalue weighted by Crippen LogP contribution is 2.46. The first-order valence-corrected chi connectivity index (χ1v) is 14.1. The maximum Gasteiger partial charge on any atom is 0.301 e. The fourth-order valence-electron chi connectivity index (χ4n) is 4.98. The molecule has 8 nitrogen and oxygen atoms in total. The molecule has 1 unspecified atom stereocenters. The number of unbranched alkanes of at least 4 members (excludes halogenated alkanes) is 2. The van der Waals surface area contributed by atoms with Crippen molar-refractivity contribution in [2.75, 3.05) is 18.6 Å². The van der Waals surface area contributed by atoms with Crippen molar-refractivity contribution in [1.29, 1.82) is 0 Å². The minimum Gasteiger partial charge on any atom is -0.507 e. The molecule has 40 heavy (non-hydrogen) atoms. The molecule has 0 radical (unpaired) electrons. The Hall–Kier alpha value is -4.24. The molecular weight excluding hydrogens is 526 g/mol. The van der Waals surface area contributed by atoms with Gasteiger partial charge in [-0.15, -0.1) is 0 Å². The Morgan fingerprint density at radius 3 is 2.55 bits per heavy atom. The van der Waals surface area contributed by atoms with Crippen LogP contribution < -0.4 is 14.4 Å². The zero-order chi connectivity index (χ0) is 28.4. The lowest BCUT2D eigenvalue weighted by molar-refractivity contribution is -0.132. The van der Waals surface area contributed by atoms with Gasteiger partial charge in [0.2, 0.25) is 0 Å². The molecule has 1 saturated heterocycles. The number of fused-ring (bicyclic) bond motifs is 1. The molecule has 9 heteroatoms. The molecule has 4 aromatic rings. The van der Waals surface area contributed by atoms with Gasteiger partial charge < -0.3 is 14.6 Å². The number of aliphatic hydroxyl groups is 1. The molecule has 206 valence electrons. The predicted molar refractivity (Wildman–Crippen MR) is 156 cm³/mol. The Labute approximate surface area is 236 Å². The summed E-state index contributed by atoms with van der Waals surface area (Å²) in [5.74, 6) is -0.780. The van der Waals surface area contributed by atoms with Gasteiger partial charge in [-0.2, -0.15) is 0 Å². The normalized spacial score (nSPS) is 16.6. The van der Waals surface area contributed by atoms with Crippen LogP contribution >= 0.6 is 11.3 Å². The molecule has 1 aliphatic heterocycles. The number of carbonyl (C=O) groups is 2. The zero-order valence-corrected chi connectivity index (χ0v) is 23.7. The number of rotatable bonds is 9. The van der Waals surface area contributed by atoms with Gasteiger partial charge in [-0.05, 0) is 67.3 Å². The number of carbonyl (C=O) groups excluding carboxylic acids is 2. The van der Waals surface area contributed by atoms with Crippen molar-refractivity contribution in [2.24, 2.45) is 0 Å². The number of Topliss-reactive ketones (excluding diaryl/α,β-unsaturated/α-hetero) is 1. The molecular formula is C31H31N3O5S. The summed E-state index contributed by atoms with van der Waals surface area (Å²) in [4.78, 5) is 37.3. The molecule has 1 fully saturated rings. The second-order valence-electron chi connectivity index (χ2n) is 9.80. The third kappa shape index (κ3) is 5.04. The molecule has 1 amide bonds. The van der Waals surface area contributed by atoms with Crippen molar-refractivity contribution in [1.82, 2.24) is 9.97 Å². The van der Waals surface area contributed by atoms with Crippen LogP contribution in [0.5, 0.6) is 11.5 Å². The monoisotopic (exact) mass is 557 g/mol. The van der Waals surface area contributed by atoms with Crippen LogP contribution in [-0.4, -0.2) is 40.5 Å². The van der Waals surface area contributed by atoms with Crippen LogP contribution in [0.3, 0.4) is 0 Å². The summed E-state index contributed by atoms with van der Waals surface area (Å²) < 4.78 is 12.5. The van der Waals surface area contributed by atoms with Gasteiger partial charge in [0.05, 0.1) is 35.5 Å². The molecule has 3 heterocycles. The van der Waals surface area contributed by atoms with Gasteiger partial charge in [-0.1, -0.05) is 43.2 Å². The Balaban J connectivity index is 1.66. The number of aliphatic hydroxyl groups excluding tert-OH is 1. The number of thiazole rings is 1. The van der Waals surface area contributed by atoms with Gasteiger partial charge in [0.1, 0.15) is 5.76 Å². The molecule has 1 atom stereocenters. The highest BCUT2D eigenvalue weighted by Gasteiger charge is 2.48. The summed E-state index contributed by atoms with van der Waals surface area (Å²) in [5, 5.41) is 11.7. The molecule has 1 N–H and O–H groups in total. The van der Waals surface area contributed by atoms with Crippen molar-refractivity contribution in [2.45, 2.75) is 46.1 Å². The fourth-order valence-corrected chi connectivity index (χ4v) is 6.15. The van der Waals surface area contributed by atoms with Crippen LogP contribution in [0.1, 0.15) is 54.5 Å². The summed E-state index contributed by atoms with van der Waals surface area (Å²) in [6.07, 6.45) is 6.11. The first kappa shape index (κ1) is 27.3. The van der Waals surface area contributed by atoms with Gasteiger partial charge in [0, 0.05) is 18.0 Å². The summed E-state index contributed by atoms with van der Waals surface area (Å²) >= 11 is 1.34. The lowest BCUT2D eigenvalue weighted by Crippen LogP contribution is -2.29. The number of aryl methyl sites for hydroxylation is 2. The molecule has 2 aromatic heterocycles. The first-order chi connectivity index (χ1) is 19.3. The lowest BCUT2D eigenvalue weighted by atomic mass is 9.95. The van der Waals surface area contributed by atoms with E-state index in [-0.39, 0.29) is 11.3 Å². The number of nitrogens with zero attached hydrogens (tertiary/aromatic N) is 3. The minimum atomic E-state index is -0.932. The van der Waals surface area contributed by atoms with E-state index in [0.29, 0.717) is 34.4 Å². The molecule has 0 saturated carbocycles. The molecule has 1 aliphatic rings. The number of methoxy groups -OCH3 is 1. The topological polar surface area (TPSA) is 102 Å². The van der Waals surface area contributed by atoms with E-state index in [4.69, 9.17) is 14.5 Å². The van der Waals surface area contributed by atoms with E-state index in [0.717, 1.165) is 40.6 Å². The van der Waals surface area contributed by atoms with Crippen molar-refractivity contribution in [3.05, 3.63) is 82.7 Å². The van der Waals surface area contributed by atoms with Crippen molar-refractivity contribution >= 4 is 44.1 Å². The third-order valence-corrected chi connectivity index (χ3v) is 7.93. The van der Waals surface area contributed by atoms with Crippen molar-refractivity contribution < 1.29 is 24.2 Å². The van der Waals surface area contributed by atoms with E-state index < -0.39 is 17.7 Å². The second kappa shape index (κ2) is 11.5. The second-order valence-corrected chi connectivity index (χ2v) is 10.8. The average molecular weight is 558 g/mol.